The van der Waals surface area contributed by atoms with E-state index in [1.54, 1.807) is 21.1 Å². The van der Waals surface area contributed by atoms with Crippen molar-refractivity contribution in [1.29, 1.82) is 0 Å². The van der Waals surface area contributed by atoms with E-state index >= 15 is 0 Å². The normalized spacial score (nSPS) is 15.5. The van der Waals surface area contributed by atoms with E-state index in [0.717, 1.165) is 6.08 Å². The second kappa shape index (κ2) is 6.27. The Kier molecular flexibility index (Phi) is 6.07. The highest BCUT2D eigenvalue weighted by Crippen LogP contribution is 2.43. The number of carbonyl (C=O) groups excluding carboxylic acids is 1. The average molecular weight is 256 g/mol. The molecule has 6 nitrogen and oxygen atoms in total. The van der Waals surface area contributed by atoms with Crippen molar-refractivity contribution in [1.82, 2.24) is 0 Å². The Morgan fingerprint density at radius 1 is 1.44 bits per heavy atom. The molecule has 0 aliphatic carbocycles. The molecule has 0 saturated heterocycles. The molecule has 0 aliphatic rings. The first-order chi connectivity index (χ1) is 7.16. The van der Waals surface area contributed by atoms with Gasteiger partial charge in [0.1, 0.15) is 0 Å². The van der Waals surface area contributed by atoms with Crippen molar-refractivity contribution >= 4 is 13.6 Å². The largest absolute Gasteiger partial charge is 0.476 e. The molecule has 7 heteroatoms. The molecular weight excluding hydrogens is 237 g/mol. The third-order valence-corrected chi connectivity index (χ3v) is 2.39. The Morgan fingerprint density at radius 3 is 2.44 bits per heavy atom. The molecule has 1 N–H and O–H groups in total. The van der Waals surface area contributed by atoms with Gasteiger partial charge in [-0.15, -0.1) is 0 Å². The lowest BCUT2D eigenvalue weighted by Gasteiger charge is -2.24. The van der Waals surface area contributed by atoms with Crippen LogP contribution < -0.4 is 0 Å². The van der Waals surface area contributed by atoms with Crippen LogP contribution in [-0.2, 0) is 18.4 Å². The van der Waals surface area contributed by atoms with Crippen LogP contribution in [0.5, 0.6) is 0 Å². The second-order valence-electron chi connectivity index (χ2n) is 4.27. The van der Waals surface area contributed by atoms with Crippen LogP contribution >= 0.6 is 7.82 Å². The molecule has 0 fully saturated rings. The standard InChI is InChI=1S/C9H18NO5P/c1-5-9(11)6-7-14-16(12,13)15-8-10(2,3)4/h5H,1,6-8H2,2-4H3/p+1/i2+1,3+1,4+1,10+1. The summed E-state index contributed by atoms with van der Waals surface area (Å²) in [5, 5.41) is 0. The average Bonchev–Trinajstić information content (AvgIpc) is 2.13. The fourth-order valence-corrected chi connectivity index (χ4v) is 1.54. The molecule has 0 amide bonds. The van der Waals surface area contributed by atoms with Crippen molar-refractivity contribution < 1.29 is 27.8 Å². The van der Waals surface area contributed by atoms with Gasteiger partial charge in [-0.25, -0.2) is 9.09 Å². The van der Waals surface area contributed by atoms with Gasteiger partial charge in [0.2, 0.25) is 0 Å². The highest BCUT2D eigenvalue weighted by Gasteiger charge is 2.24. The molecule has 0 bridgehead atoms. The zero-order chi connectivity index (χ0) is 12.8. The summed E-state index contributed by atoms with van der Waals surface area (Å²) < 4.78 is 21.0. The Morgan fingerprint density at radius 2 is 2.00 bits per heavy atom. The van der Waals surface area contributed by atoms with E-state index in [1.165, 1.54) is 0 Å². The quantitative estimate of drug-likeness (QED) is 0.175. The predicted octanol–water partition coefficient (Wildman–Crippen LogP) is 0.929. The van der Waals surface area contributed by atoms with Crippen LogP contribution in [0.15, 0.2) is 12.7 Å². The summed E-state index contributed by atoms with van der Waals surface area (Å²) in [6, 6.07) is 0. The smallest absolute Gasteiger partial charge is 0.308 e. The third kappa shape index (κ3) is 8.76. The maximum absolute atomic E-state index is 11.3. The first-order valence-corrected chi connectivity index (χ1v) is 6.23. The molecule has 0 radical (unpaired) electrons. The number of carbonyl (C=O) groups is 1. The number of nitrogens with zero attached hydrogens (tertiary/aromatic N) is 1. The third-order valence-electron chi connectivity index (χ3n) is 1.44. The molecule has 0 aromatic carbocycles. The molecule has 1 unspecified atom stereocenters. The fourth-order valence-electron chi connectivity index (χ4n) is 0.647. The van der Waals surface area contributed by atoms with Gasteiger partial charge < -0.3 is 9.38 Å². The van der Waals surface area contributed by atoms with Gasteiger partial charge in [-0.3, -0.25) is 9.32 Å². The zero-order valence-corrected chi connectivity index (χ0v) is 10.8. The number of rotatable bonds is 8. The van der Waals surface area contributed by atoms with Crippen molar-refractivity contribution in [2.24, 2.45) is 0 Å². The van der Waals surface area contributed by atoms with E-state index < -0.39 is 7.82 Å². The predicted molar refractivity (Wildman–Crippen MR) is 59.6 cm³/mol. The summed E-state index contributed by atoms with van der Waals surface area (Å²) in [5.41, 5.74) is 0. The van der Waals surface area contributed by atoms with Crippen LogP contribution in [0.25, 0.3) is 0 Å². The minimum atomic E-state index is -4.06. The van der Waals surface area contributed by atoms with Gasteiger partial charge in [0.25, 0.3) is 0 Å². The van der Waals surface area contributed by atoms with Gasteiger partial charge in [0.05, 0.1) is 27.7 Å². The monoisotopic (exact) mass is 256 g/mol. The van der Waals surface area contributed by atoms with Crippen LogP contribution in [0.4, 0.5) is 0 Å². The van der Waals surface area contributed by atoms with Gasteiger partial charge in [0, 0.05) is 6.42 Å². The Labute approximate surface area is 95.7 Å². The number of hydrogen-bond acceptors (Lipinski definition) is 4. The van der Waals surface area contributed by atoms with Crippen molar-refractivity contribution in [2.75, 3.05) is 34.5 Å². The molecule has 0 aliphatic heterocycles. The van der Waals surface area contributed by atoms with Crippen LogP contribution in [-0.4, -0.2) is 49.6 Å². The van der Waals surface area contributed by atoms with Crippen molar-refractivity contribution in [3.8, 4) is 0 Å². The SMILES string of the molecule is C=CC(=O)CCOP(=O)(O)OC[15N+]([13CH3])([13CH3])[13CH3]. The molecule has 0 rings (SSSR count). The maximum atomic E-state index is 11.3. The van der Waals surface area contributed by atoms with Crippen molar-refractivity contribution in [3.63, 3.8) is 0 Å². The molecule has 0 aromatic heterocycles. The summed E-state index contributed by atoms with van der Waals surface area (Å²) in [6.07, 6.45) is 1.15. The van der Waals surface area contributed by atoms with Gasteiger partial charge in [0.15, 0.2) is 12.5 Å². The number of phosphoric ester groups is 1. The van der Waals surface area contributed by atoms with Crippen LogP contribution in [0, 0.1) is 0 Å². The Bertz CT molecular complexity index is 297. The Hall–Kier alpha value is -0.520. The van der Waals surface area contributed by atoms with E-state index in [0.29, 0.717) is 4.48 Å². The van der Waals surface area contributed by atoms with Crippen LogP contribution in [0.3, 0.4) is 0 Å². The number of allylic oxidation sites excluding steroid dienone is 1. The van der Waals surface area contributed by atoms with E-state index in [4.69, 9.17) is 4.52 Å². The maximum Gasteiger partial charge on any atom is 0.476 e. The first kappa shape index (κ1) is 15.5. The minimum Gasteiger partial charge on any atom is -0.308 e. The topological polar surface area (TPSA) is 72.8 Å². The second-order valence-corrected chi connectivity index (χ2v) is 5.72. The van der Waals surface area contributed by atoms with Crippen molar-refractivity contribution in [2.45, 2.75) is 6.42 Å². The van der Waals surface area contributed by atoms with E-state index in [2.05, 4.69) is 11.1 Å². The summed E-state index contributed by atoms with van der Waals surface area (Å²) in [6.45, 7) is 3.16. The molecule has 1 atom stereocenters. The number of phosphoric acid groups is 1. The molecule has 94 valence electrons. The minimum absolute atomic E-state index is 0.0157. The highest BCUT2D eigenvalue weighted by molar-refractivity contribution is 7.47. The number of ketones is 1. The lowest BCUT2D eigenvalue weighted by molar-refractivity contribution is -0.887. The van der Waals surface area contributed by atoms with Crippen LogP contribution in [0.2, 0.25) is 0 Å². The molecule has 16 heavy (non-hydrogen) atoms. The van der Waals surface area contributed by atoms with Gasteiger partial charge in [-0.2, -0.15) is 0 Å². The van der Waals surface area contributed by atoms with E-state index in [-0.39, 0.29) is 25.5 Å². The highest BCUT2D eigenvalue weighted by atomic mass is 31.2. The van der Waals surface area contributed by atoms with Crippen molar-refractivity contribution in [3.05, 3.63) is 12.7 Å². The summed E-state index contributed by atoms with van der Waals surface area (Å²) in [5.74, 6) is -0.244. The summed E-state index contributed by atoms with van der Waals surface area (Å²) in [4.78, 5) is 20.0. The molecule has 0 heterocycles. The lowest BCUT2D eigenvalue weighted by Crippen LogP contribution is -2.36. The van der Waals surface area contributed by atoms with Crippen LogP contribution in [0.1, 0.15) is 6.42 Å². The summed E-state index contributed by atoms with van der Waals surface area (Å²) >= 11 is 0. The van der Waals surface area contributed by atoms with E-state index in [9.17, 15) is 14.3 Å². The molecular formula is C9H19NO5P+. The van der Waals surface area contributed by atoms with Gasteiger partial charge >= 0.3 is 7.82 Å². The number of hydrogen-bond donors (Lipinski definition) is 1. The molecule has 0 aromatic rings. The lowest BCUT2D eigenvalue weighted by atomic mass is 10.3. The van der Waals surface area contributed by atoms with E-state index in [1.807, 2.05) is 0 Å². The van der Waals surface area contributed by atoms with Gasteiger partial charge in [-0.05, 0) is 6.08 Å². The first-order valence-electron chi connectivity index (χ1n) is 4.74. The molecule has 0 spiro atoms. The Balaban J connectivity index is 3.92. The molecule has 0 saturated carbocycles. The zero-order valence-electron chi connectivity index (χ0n) is 9.88. The van der Waals surface area contributed by atoms with Gasteiger partial charge in [-0.1, -0.05) is 6.58 Å². The summed E-state index contributed by atoms with van der Waals surface area (Å²) in [7, 11) is 1.36. The fraction of sp³-hybridized carbons (Fsp3) is 0.667. The number of quaternary nitrogens is 1.